The molecule has 0 aliphatic heterocycles. The molecule has 8 rings (SSSR count). The Bertz CT molecular complexity index is 2100. The molecule has 39 heavy (non-hydrogen) atoms. The van der Waals surface area contributed by atoms with Gasteiger partial charge in [0.05, 0.1) is 29.3 Å². The molecule has 0 spiro atoms. The molecular formula is C34H21N3O2. The number of furan rings is 1. The summed E-state index contributed by atoms with van der Waals surface area (Å²) in [5.41, 5.74) is 9.82. The second kappa shape index (κ2) is 8.57. The first-order valence-electron chi connectivity index (χ1n) is 12.8. The maximum Gasteiger partial charge on any atom is 0.227 e. The van der Waals surface area contributed by atoms with Gasteiger partial charge in [-0.3, -0.25) is 4.98 Å². The molecule has 0 fully saturated rings. The van der Waals surface area contributed by atoms with E-state index in [1.807, 2.05) is 42.6 Å². The van der Waals surface area contributed by atoms with E-state index in [9.17, 15) is 0 Å². The molecule has 0 saturated carbocycles. The van der Waals surface area contributed by atoms with Gasteiger partial charge in [0.15, 0.2) is 5.58 Å². The lowest BCUT2D eigenvalue weighted by Crippen LogP contribution is -1.95. The van der Waals surface area contributed by atoms with Gasteiger partial charge in [0.2, 0.25) is 5.89 Å². The van der Waals surface area contributed by atoms with Crippen molar-refractivity contribution in [1.29, 1.82) is 0 Å². The van der Waals surface area contributed by atoms with Crippen molar-refractivity contribution < 1.29 is 8.83 Å². The van der Waals surface area contributed by atoms with Crippen LogP contribution in [0.15, 0.2) is 137 Å². The van der Waals surface area contributed by atoms with Gasteiger partial charge in [-0.1, -0.05) is 54.6 Å². The zero-order valence-corrected chi connectivity index (χ0v) is 20.8. The summed E-state index contributed by atoms with van der Waals surface area (Å²) in [6.07, 6.45) is 5.28. The predicted molar refractivity (Wildman–Crippen MR) is 155 cm³/mol. The average Bonchev–Trinajstić information content (AvgIpc) is 3.75. The van der Waals surface area contributed by atoms with Crippen LogP contribution in [0.2, 0.25) is 0 Å². The van der Waals surface area contributed by atoms with Gasteiger partial charge in [-0.05, 0) is 54.6 Å². The number of para-hydroxylation sites is 3. The van der Waals surface area contributed by atoms with Gasteiger partial charge in [-0.15, -0.1) is 0 Å². The van der Waals surface area contributed by atoms with Crippen LogP contribution < -0.4 is 0 Å². The molecule has 0 unspecified atom stereocenters. The van der Waals surface area contributed by atoms with Crippen molar-refractivity contribution in [3.63, 3.8) is 0 Å². The molecule has 4 aromatic heterocycles. The van der Waals surface area contributed by atoms with E-state index < -0.39 is 0 Å². The van der Waals surface area contributed by atoms with Crippen LogP contribution in [0.5, 0.6) is 0 Å². The van der Waals surface area contributed by atoms with Gasteiger partial charge in [-0.25, -0.2) is 4.98 Å². The topological polar surface area (TPSA) is 57.0 Å². The Morgan fingerprint density at radius 1 is 0.641 bits per heavy atom. The maximum atomic E-state index is 6.11. The fraction of sp³-hybridized carbons (Fsp3) is 0. The number of pyridine rings is 1. The van der Waals surface area contributed by atoms with Crippen LogP contribution in [0.4, 0.5) is 0 Å². The van der Waals surface area contributed by atoms with Crippen LogP contribution in [-0.2, 0) is 0 Å². The summed E-state index contributed by atoms with van der Waals surface area (Å²) in [5.74, 6) is 0.613. The van der Waals surface area contributed by atoms with Crippen LogP contribution in [0.3, 0.4) is 0 Å². The Morgan fingerprint density at radius 3 is 2.46 bits per heavy atom. The molecule has 0 aliphatic carbocycles. The highest BCUT2D eigenvalue weighted by molar-refractivity contribution is 6.10. The van der Waals surface area contributed by atoms with Crippen molar-refractivity contribution in [2.45, 2.75) is 0 Å². The first-order valence-corrected chi connectivity index (χ1v) is 12.8. The number of oxazole rings is 1. The van der Waals surface area contributed by atoms with Gasteiger partial charge in [0.1, 0.15) is 5.52 Å². The summed E-state index contributed by atoms with van der Waals surface area (Å²) in [4.78, 5) is 9.50. The first kappa shape index (κ1) is 21.6. The minimum Gasteiger partial charge on any atom is -0.472 e. The van der Waals surface area contributed by atoms with Crippen LogP contribution in [0.1, 0.15) is 0 Å². The number of benzene rings is 4. The van der Waals surface area contributed by atoms with Crippen LogP contribution in [0, 0.1) is 0 Å². The van der Waals surface area contributed by atoms with Crippen molar-refractivity contribution >= 4 is 32.9 Å². The zero-order valence-electron chi connectivity index (χ0n) is 20.8. The number of fused-ring (bicyclic) bond motifs is 4. The minimum absolute atomic E-state index is 0.613. The van der Waals surface area contributed by atoms with E-state index >= 15 is 0 Å². The summed E-state index contributed by atoms with van der Waals surface area (Å²) in [7, 11) is 0. The van der Waals surface area contributed by atoms with Gasteiger partial charge in [0.25, 0.3) is 0 Å². The van der Waals surface area contributed by atoms with E-state index in [1.54, 1.807) is 12.5 Å². The largest absolute Gasteiger partial charge is 0.472 e. The van der Waals surface area contributed by atoms with Gasteiger partial charge >= 0.3 is 0 Å². The normalized spacial score (nSPS) is 11.6. The monoisotopic (exact) mass is 503 g/mol. The molecule has 184 valence electrons. The van der Waals surface area contributed by atoms with Crippen molar-refractivity contribution in [2.24, 2.45) is 0 Å². The molecule has 0 N–H and O–H groups in total. The standard InChI is InChI=1S/C34H21N3O2/c1-3-12-30-27(9-1)28-15-14-23(34-36-29-11-2-4-13-32(29)39-34)20-31(28)37(30)25-8-5-7-22(19-25)33-26(10-6-17-35-33)24-16-18-38-21-24/h1-21H. The average molecular weight is 504 g/mol. The number of hydrogen-bond acceptors (Lipinski definition) is 4. The number of hydrogen-bond donors (Lipinski definition) is 0. The Labute approximate surface area is 223 Å². The second-order valence-electron chi connectivity index (χ2n) is 9.53. The summed E-state index contributed by atoms with van der Waals surface area (Å²) in [6, 6.07) is 37.3. The van der Waals surface area contributed by atoms with E-state index in [0.717, 1.165) is 55.8 Å². The second-order valence-corrected chi connectivity index (χ2v) is 9.53. The molecule has 4 aromatic carbocycles. The third kappa shape index (κ3) is 3.48. The number of rotatable bonds is 4. The molecule has 0 amide bonds. The van der Waals surface area contributed by atoms with E-state index in [-0.39, 0.29) is 0 Å². The quantitative estimate of drug-likeness (QED) is 0.241. The van der Waals surface area contributed by atoms with Crippen LogP contribution in [0.25, 0.3) is 72.4 Å². The Kier molecular flexibility index (Phi) is 4.76. The Balaban J connectivity index is 1.35. The number of aromatic nitrogens is 3. The highest BCUT2D eigenvalue weighted by Gasteiger charge is 2.17. The molecule has 0 saturated heterocycles. The third-order valence-corrected chi connectivity index (χ3v) is 7.23. The van der Waals surface area contributed by atoms with E-state index in [4.69, 9.17) is 18.8 Å². The zero-order chi connectivity index (χ0) is 25.8. The lowest BCUT2D eigenvalue weighted by atomic mass is 10.0. The fourth-order valence-corrected chi connectivity index (χ4v) is 5.46. The van der Waals surface area contributed by atoms with Crippen molar-refractivity contribution in [3.8, 4) is 39.5 Å². The highest BCUT2D eigenvalue weighted by atomic mass is 16.3. The lowest BCUT2D eigenvalue weighted by molar-refractivity contribution is 0.568. The molecule has 8 aromatic rings. The number of nitrogens with zero attached hydrogens (tertiary/aromatic N) is 3. The van der Waals surface area contributed by atoms with Crippen molar-refractivity contribution in [3.05, 3.63) is 128 Å². The smallest absolute Gasteiger partial charge is 0.227 e. The minimum atomic E-state index is 0.613. The summed E-state index contributed by atoms with van der Waals surface area (Å²) >= 11 is 0. The molecule has 5 heteroatoms. The van der Waals surface area contributed by atoms with Gasteiger partial charge in [0, 0.05) is 44.9 Å². The molecule has 0 radical (unpaired) electrons. The van der Waals surface area contributed by atoms with E-state index in [0.29, 0.717) is 5.89 Å². The predicted octanol–water partition coefficient (Wildman–Crippen LogP) is 8.91. The highest BCUT2D eigenvalue weighted by Crippen LogP contribution is 2.37. The Morgan fingerprint density at radius 2 is 1.54 bits per heavy atom. The summed E-state index contributed by atoms with van der Waals surface area (Å²) in [6.45, 7) is 0. The van der Waals surface area contributed by atoms with Crippen LogP contribution >= 0.6 is 0 Å². The first-order chi connectivity index (χ1) is 19.3. The molecule has 5 nitrogen and oxygen atoms in total. The molecule has 0 bridgehead atoms. The van der Waals surface area contributed by atoms with Gasteiger partial charge < -0.3 is 13.4 Å². The fourth-order valence-electron chi connectivity index (χ4n) is 5.46. The van der Waals surface area contributed by atoms with Crippen molar-refractivity contribution in [2.75, 3.05) is 0 Å². The lowest BCUT2D eigenvalue weighted by Gasteiger charge is -2.12. The van der Waals surface area contributed by atoms with Crippen molar-refractivity contribution in [1.82, 2.24) is 14.5 Å². The molecule has 0 atom stereocenters. The maximum absolute atomic E-state index is 6.11. The summed E-state index contributed by atoms with van der Waals surface area (Å²) < 4.78 is 13.8. The van der Waals surface area contributed by atoms with Gasteiger partial charge in [-0.2, -0.15) is 0 Å². The Hall–Kier alpha value is -5.42. The molecular weight excluding hydrogens is 482 g/mol. The third-order valence-electron chi connectivity index (χ3n) is 7.23. The SMILES string of the molecule is c1cc(-c2ncccc2-c2ccoc2)cc(-n2c3ccccc3c3ccc(-c4nc5ccccc5o4)cc32)c1. The summed E-state index contributed by atoms with van der Waals surface area (Å²) in [5, 5.41) is 2.37. The van der Waals surface area contributed by atoms with Crippen LogP contribution in [-0.4, -0.2) is 14.5 Å². The van der Waals surface area contributed by atoms with E-state index in [1.165, 1.54) is 10.8 Å². The molecule has 4 heterocycles. The van der Waals surface area contributed by atoms with E-state index in [2.05, 4.69) is 77.4 Å². The molecule has 0 aliphatic rings.